The predicted molar refractivity (Wildman–Crippen MR) is 230 cm³/mol. The fraction of sp³-hybridized carbons (Fsp3) is 0.778. The summed E-state index contributed by atoms with van der Waals surface area (Å²) in [6.45, 7) is 2.83. The van der Waals surface area contributed by atoms with Crippen LogP contribution in [0.2, 0.25) is 0 Å². The SMILES string of the molecule is CCCC=CCC(OC(C=CC(CC=CCCCC(=O)O)OCC1OC(OCC(O)CO)C(O)C(O)C1O)C(O)CCCCCCCCC)C(O)C=CC(O)OCCCC(=O)O. The Morgan fingerprint density at radius 3 is 2.03 bits per heavy atom. The van der Waals surface area contributed by atoms with Gasteiger partial charge >= 0.3 is 11.9 Å². The quantitative estimate of drug-likeness (QED) is 0.0241. The molecule has 12 unspecified atom stereocenters. The highest BCUT2D eigenvalue weighted by Crippen LogP contribution is 2.24. The van der Waals surface area contributed by atoms with Gasteiger partial charge in [0.15, 0.2) is 12.6 Å². The Morgan fingerprint density at radius 2 is 1.35 bits per heavy atom. The number of aliphatic carboxylic acids is 2. The number of ether oxygens (including phenoxy) is 5. The second kappa shape index (κ2) is 35.7. The van der Waals surface area contributed by atoms with Gasteiger partial charge in [0.05, 0.1) is 50.8 Å². The second-order valence-corrected chi connectivity index (χ2v) is 15.7. The fourth-order valence-corrected chi connectivity index (χ4v) is 6.37. The van der Waals surface area contributed by atoms with Gasteiger partial charge < -0.3 is 74.7 Å². The molecule has 17 heteroatoms. The van der Waals surface area contributed by atoms with Crippen LogP contribution in [0.3, 0.4) is 0 Å². The highest BCUT2D eigenvalue weighted by Gasteiger charge is 2.44. The lowest BCUT2D eigenvalue weighted by molar-refractivity contribution is -0.307. The Bertz CT molecular complexity index is 1260. The van der Waals surface area contributed by atoms with Crippen molar-refractivity contribution in [2.24, 2.45) is 0 Å². The first-order chi connectivity index (χ1) is 29.7. The molecule has 1 heterocycles. The second-order valence-electron chi connectivity index (χ2n) is 15.7. The Morgan fingerprint density at radius 1 is 0.694 bits per heavy atom. The summed E-state index contributed by atoms with van der Waals surface area (Å²) in [6, 6.07) is 0. The van der Waals surface area contributed by atoms with E-state index in [9.17, 15) is 45.3 Å². The van der Waals surface area contributed by atoms with Gasteiger partial charge in [-0.15, -0.1) is 0 Å². The molecule has 62 heavy (non-hydrogen) atoms. The van der Waals surface area contributed by atoms with Crippen LogP contribution in [0.5, 0.6) is 0 Å². The van der Waals surface area contributed by atoms with Gasteiger partial charge in [0, 0.05) is 12.8 Å². The minimum Gasteiger partial charge on any atom is -0.481 e. The zero-order valence-electron chi connectivity index (χ0n) is 36.7. The zero-order chi connectivity index (χ0) is 46.1. The molecule has 0 aromatic carbocycles. The van der Waals surface area contributed by atoms with Crippen molar-refractivity contribution in [3.63, 3.8) is 0 Å². The van der Waals surface area contributed by atoms with E-state index in [1.165, 1.54) is 18.6 Å². The van der Waals surface area contributed by atoms with Gasteiger partial charge in [-0.1, -0.05) is 108 Å². The summed E-state index contributed by atoms with van der Waals surface area (Å²) >= 11 is 0. The number of hydrogen-bond donors (Lipinski definition) is 10. The molecule has 360 valence electrons. The summed E-state index contributed by atoms with van der Waals surface area (Å²) in [5, 5.41) is 102. The molecular weight excluding hydrogens is 812 g/mol. The number of rotatable bonds is 38. The Hall–Kier alpha value is -2.62. The number of allylic oxidation sites excluding steroid dienone is 2. The first kappa shape index (κ1) is 57.4. The molecule has 1 rings (SSSR count). The lowest BCUT2D eigenvalue weighted by Crippen LogP contribution is -2.59. The average Bonchev–Trinajstić information content (AvgIpc) is 3.24. The van der Waals surface area contributed by atoms with Crippen LogP contribution in [0.25, 0.3) is 0 Å². The van der Waals surface area contributed by atoms with E-state index < -0.39 is 98.8 Å². The van der Waals surface area contributed by atoms with Gasteiger partial charge in [-0.25, -0.2) is 0 Å². The maximum absolute atomic E-state index is 11.6. The van der Waals surface area contributed by atoms with E-state index in [2.05, 4.69) is 6.92 Å². The van der Waals surface area contributed by atoms with Gasteiger partial charge in [0.25, 0.3) is 0 Å². The third-order valence-corrected chi connectivity index (χ3v) is 10.1. The van der Waals surface area contributed by atoms with Gasteiger partial charge in [0.2, 0.25) is 0 Å². The molecule has 12 atom stereocenters. The molecule has 1 aliphatic rings. The summed E-state index contributed by atoms with van der Waals surface area (Å²) in [5.74, 6) is -1.90. The molecule has 17 nitrogen and oxygen atoms in total. The largest absolute Gasteiger partial charge is 0.481 e. The molecule has 0 spiro atoms. The lowest BCUT2D eigenvalue weighted by atomic mass is 9.99. The number of aliphatic hydroxyl groups excluding tert-OH is 8. The van der Waals surface area contributed by atoms with Crippen LogP contribution >= 0.6 is 0 Å². The summed E-state index contributed by atoms with van der Waals surface area (Å²) < 4.78 is 29.0. The van der Waals surface area contributed by atoms with E-state index in [0.29, 0.717) is 19.3 Å². The van der Waals surface area contributed by atoms with Crippen molar-refractivity contribution in [1.82, 2.24) is 0 Å². The van der Waals surface area contributed by atoms with Crippen LogP contribution in [0.15, 0.2) is 48.6 Å². The molecule has 0 bridgehead atoms. The van der Waals surface area contributed by atoms with Crippen LogP contribution in [0.4, 0.5) is 0 Å². The Balaban J connectivity index is 3.40. The topological polar surface area (TPSA) is 283 Å². The van der Waals surface area contributed by atoms with E-state index in [1.807, 2.05) is 25.2 Å². The standard InChI is InChI=1S/C45H78O17/c1-3-5-7-9-10-11-15-20-34(48)37(61-36(21-16-8-6-4-2)35(49)25-27-41(54)58-28-18-23-40(52)53)26-24-33(19-14-12-13-17-22-39(50)51)59-31-38-42(55)43(56)44(57)45(62-38)60-30-32(47)29-46/h8,12,14,16,24-27,32-38,41-49,54-57H,3-7,9-11,13,15,17-23,28-31H2,1-2H3,(H,50,51)(H,52,53). The van der Waals surface area contributed by atoms with Crippen LogP contribution in [0.1, 0.15) is 123 Å². The molecular formula is C45H78O17. The maximum atomic E-state index is 11.6. The minimum atomic E-state index is -1.69. The van der Waals surface area contributed by atoms with Crippen LogP contribution in [0, 0.1) is 0 Å². The Labute approximate surface area is 367 Å². The van der Waals surface area contributed by atoms with Crippen molar-refractivity contribution >= 4 is 11.9 Å². The number of carboxylic acids is 2. The molecule has 0 amide bonds. The normalized spacial score (nSPS) is 23.3. The molecule has 0 aromatic heterocycles. The first-order valence-electron chi connectivity index (χ1n) is 22.4. The Kier molecular flexibility index (Phi) is 33.0. The van der Waals surface area contributed by atoms with Gasteiger partial charge in [-0.2, -0.15) is 0 Å². The minimum absolute atomic E-state index is 0.00189. The van der Waals surface area contributed by atoms with Crippen molar-refractivity contribution in [1.29, 1.82) is 0 Å². The predicted octanol–water partition coefficient (Wildman–Crippen LogP) is 3.43. The van der Waals surface area contributed by atoms with Crippen LogP contribution in [-0.4, -0.2) is 163 Å². The summed E-state index contributed by atoms with van der Waals surface area (Å²) in [5.41, 5.74) is 0. The lowest BCUT2D eigenvalue weighted by Gasteiger charge is -2.40. The van der Waals surface area contributed by atoms with E-state index in [1.54, 1.807) is 18.2 Å². The van der Waals surface area contributed by atoms with Gasteiger partial charge in [-0.05, 0) is 51.0 Å². The van der Waals surface area contributed by atoms with Crippen molar-refractivity contribution in [2.75, 3.05) is 26.4 Å². The van der Waals surface area contributed by atoms with E-state index in [0.717, 1.165) is 51.4 Å². The number of aliphatic hydroxyl groups is 8. The van der Waals surface area contributed by atoms with Crippen LogP contribution < -0.4 is 0 Å². The number of hydrogen-bond acceptors (Lipinski definition) is 15. The van der Waals surface area contributed by atoms with Crippen molar-refractivity contribution in [2.45, 2.75) is 197 Å². The molecule has 0 aliphatic carbocycles. The fourth-order valence-electron chi connectivity index (χ4n) is 6.37. The molecule has 10 N–H and O–H groups in total. The number of carboxylic acid groups (broad SMARTS) is 2. The highest BCUT2D eigenvalue weighted by atomic mass is 16.7. The van der Waals surface area contributed by atoms with E-state index >= 15 is 0 Å². The summed E-state index contributed by atoms with van der Waals surface area (Å²) in [4.78, 5) is 21.8. The van der Waals surface area contributed by atoms with Gasteiger partial charge in [-0.3, -0.25) is 9.59 Å². The molecule has 1 fully saturated rings. The molecule has 0 saturated carbocycles. The third kappa shape index (κ3) is 26.9. The molecule has 0 aromatic rings. The third-order valence-electron chi connectivity index (χ3n) is 10.1. The monoisotopic (exact) mass is 891 g/mol. The number of unbranched alkanes of at least 4 members (excludes halogenated alkanes) is 8. The van der Waals surface area contributed by atoms with Crippen molar-refractivity contribution in [3.8, 4) is 0 Å². The van der Waals surface area contributed by atoms with Gasteiger partial charge in [0.1, 0.15) is 36.6 Å². The molecule has 1 aliphatic heterocycles. The molecule has 0 radical (unpaired) electrons. The summed E-state index contributed by atoms with van der Waals surface area (Å²) in [7, 11) is 0. The smallest absolute Gasteiger partial charge is 0.303 e. The van der Waals surface area contributed by atoms with E-state index in [4.69, 9.17) is 39.0 Å². The van der Waals surface area contributed by atoms with Crippen molar-refractivity contribution in [3.05, 3.63) is 48.6 Å². The van der Waals surface area contributed by atoms with E-state index in [-0.39, 0.29) is 45.3 Å². The van der Waals surface area contributed by atoms with Crippen molar-refractivity contribution < 1.29 is 84.3 Å². The maximum Gasteiger partial charge on any atom is 0.303 e. The number of carbonyl (C=O) groups is 2. The van der Waals surface area contributed by atoms with Crippen LogP contribution in [-0.2, 0) is 33.3 Å². The molecule has 1 saturated heterocycles. The zero-order valence-corrected chi connectivity index (χ0v) is 36.7. The average molecular weight is 891 g/mol. The summed E-state index contributed by atoms with van der Waals surface area (Å²) in [6.07, 6.45) is 8.87. The first-order valence-corrected chi connectivity index (χ1v) is 22.4. The highest BCUT2D eigenvalue weighted by molar-refractivity contribution is 5.66.